The minimum absolute atomic E-state index is 0.0161. The maximum absolute atomic E-state index is 12.8. The molecule has 0 radical (unpaired) electrons. The molecule has 6 nitrogen and oxygen atoms in total. The fourth-order valence-electron chi connectivity index (χ4n) is 7.65. The molecular weight excluding hydrogens is 671 g/mol. The topological polar surface area (TPSA) is 76.1 Å². The molecule has 6 heteroatoms. The van der Waals surface area contributed by atoms with Crippen LogP contribution in [0.2, 0.25) is 0 Å². The normalized spacial score (nSPS) is 12.4. The summed E-state index contributed by atoms with van der Waals surface area (Å²) >= 11 is 0. The van der Waals surface area contributed by atoms with E-state index in [-0.39, 0.29) is 30.3 Å². The number of esters is 2. The Morgan fingerprint density at radius 2 is 0.852 bits per heavy atom. The molecule has 0 amide bonds. The van der Waals surface area contributed by atoms with Crippen molar-refractivity contribution < 1.29 is 24.2 Å². The Bertz CT molecular complexity index is 802. The van der Waals surface area contributed by atoms with Crippen LogP contribution < -0.4 is 0 Å². The summed E-state index contributed by atoms with van der Waals surface area (Å²) in [6, 6.07) is 0. The molecule has 0 aliphatic rings. The first kappa shape index (κ1) is 52.9. The average Bonchev–Trinajstić information content (AvgIpc) is 3.14. The lowest BCUT2D eigenvalue weighted by Crippen LogP contribution is -2.29. The van der Waals surface area contributed by atoms with Crippen molar-refractivity contribution in [1.29, 1.82) is 0 Å². The van der Waals surface area contributed by atoms with Gasteiger partial charge < -0.3 is 19.5 Å². The summed E-state index contributed by atoms with van der Waals surface area (Å²) < 4.78 is 11.9. The molecule has 0 aliphatic carbocycles. The Kier molecular flexibility index (Phi) is 39.2. The van der Waals surface area contributed by atoms with E-state index in [1.54, 1.807) is 0 Å². The van der Waals surface area contributed by atoms with Crippen molar-refractivity contribution in [3.8, 4) is 0 Å². The van der Waals surface area contributed by atoms with Crippen molar-refractivity contribution in [3.63, 3.8) is 0 Å². The Morgan fingerprint density at radius 1 is 0.481 bits per heavy atom. The van der Waals surface area contributed by atoms with Gasteiger partial charge in [-0.3, -0.25) is 9.59 Å². The lowest BCUT2D eigenvalue weighted by Gasteiger charge is -2.25. The number of ether oxygens (including phenoxy) is 2. The van der Waals surface area contributed by atoms with E-state index in [1.165, 1.54) is 128 Å². The third-order valence-electron chi connectivity index (χ3n) is 11.2. The molecule has 0 aromatic heterocycles. The van der Waals surface area contributed by atoms with Crippen LogP contribution in [0.1, 0.15) is 259 Å². The van der Waals surface area contributed by atoms with Gasteiger partial charge in [0.25, 0.3) is 0 Å². The quantitative estimate of drug-likeness (QED) is 0.0492. The molecular formula is C48H95NO5. The summed E-state index contributed by atoms with van der Waals surface area (Å²) in [6.45, 7) is 13.9. The minimum Gasteiger partial charge on any atom is -0.462 e. The van der Waals surface area contributed by atoms with Crippen LogP contribution >= 0.6 is 0 Å². The van der Waals surface area contributed by atoms with E-state index in [1.807, 2.05) is 0 Å². The van der Waals surface area contributed by atoms with Crippen molar-refractivity contribution in [3.05, 3.63) is 0 Å². The first-order chi connectivity index (χ1) is 26.3. The van der Waals surface area contributed by atoms with Crippen LogP contribution in [0.5, 0.6) is 0 Å². The molecule has 1 atom stereocenters. The molecule has 1 unspecified atom stereocenters. The predicted octanol–water partition coefficient (Wildman–Crippen LogP) is 14.2. The zero-order valence-corrected chi connectivity index (χ0v) is 37.2. The summed E-state index contributed by atoms with van der Waals surface area (Å²) in [6.07, 6.45) is 40.9. The van der Waals surface area contributed by atoms with Crippen LogP contribution in [0.3, 0.4) is 0 Å². The van der Waals surface area contributed by atoms with Crippen molar-refractivity contribution in [2.75, 3.05) is 26.2 Å². The molecule has 0 aromatic rings. The molecule has 0 fully saturated rings. The molecule has 0 aromatic carbocycles. The molecule has 0 heterocycles. The monoisotopic (exact) mass is 766 g/mol. The number of carbonyl (C=O) groups excluding carboxylic acids is 2. The maximum Gasteiger partial charge on any atom is 0.306 e. The van der Waals surface area contributed by atoms with Crippen molar-refractivity contribution in [1.82, 2.24) is 4.90 Å². The van der Waals surface area contributed by atoms with Gasteiger partial charge in [0.05, 0.1) is 6.61 Å². The molecule has 0 spiro atoms. The standard InChI is InChI=1S/C48H95NO5/c1-6-9-12-15-18-19-23-30-37-45(36-29-22-16-13-10-7-2)53-46(51)38-31-24-20-27-34-41-49(43-44-50)42-35-28-21-25-32-39-47(52)54-48(4,5)40-33-26-17-14-11-8-3/h45,50H,6-44H2,1-5H3. The molecule has 1 N–H and O–H groups in total. The van der Waals surface area contributed by atoms with E-state index in [4.69, 9.17) is 9.47 Å². The molecule has 54 heavy (non-hydrogen) atoms. The number of hydrogen-bond acceptors (Lipinski definition) is 6. The highest BCUT2D eigenvalue weighted by Gasteiger charge is 2.22. The fraction of sp³-hybridized carbons (Fsp3) is 0.958. The smallest absolute Gasteiger partial charge is 0.306 e. The zero-order valence-electron chi connectivity index (χ0n) is 37.2. The van der Waals surface area contributed by atoms with Gasteiger partial charge in [0, 0.05) is 19.4 Å². The van der Waals surface area contributed by atoms with Crippen LogP contribution in [0.25, 0.3) is 0 Å². The summed E-state index contributed by atoms with van der Waals surface area (Å²) in [4.78, 5) is 27.6. The summed E-state index contributed by atoms with van der Waals surface area (Å²) in [7, 11) is 0. The molecule has 0 saturated heterocycles. The van der Waals surface area contributed by atoms with Gasteiger partial charge in [0.15, 0.2) is 0 Å². The number of carbonyl (C=O) groups is 2. The number of aliphatic hydroxyl groups is 1. The minimum atomic E-state index is -0.353. The Morgan fingerprint density at radius 3 is 1.30 bits per heavy atom. The van der Waals surface area contributed by atoms with E-state index < -0.39 is 0 Å². The number of unbranched alkanes of at least 4 members (excludes halogenated alkanes) is 25. The van der Waals surface area contributed by atoms with Gasteiger partial charge in [0.1, 0.15) is 11.7 Å². The second kappa shape index (κ2) is 40.1. The summed E-state index contributed by atoms with van der Waals surface area (Å²) in [5.74, 6) is -0.0285. The fourth-order valence-corrected chi connectivity index (χ4v) is 7.65. The van der Waals surface area contributed by atoms with Gasteiger partial charge >= 0.3 is 11.9 Å². The Hall–Kier alpha value is -1.14. The highest BCUT2D eigenvalue weighted by molar-refractivity contribution is 5.70. The van der Waals surface area contributed by atoms with Crippen LogP contribution in [0.15, 0.2) is 0 Å². The van der Waals surface area contributed by atoms with E-state index in [0.29, 0.717) is 12.8 Å². The van der Waals surface area contributed by atoms with Crippen molar-refractivity contribution in [2.45, 2.75) is 271 Å². The van der Waals surface area contributed by atoms with Gasteiger partial charge in [-0.2, -0.15) is 0 Å². The number of hydrogen-bond donors (Lipinski definition) is 1. The second-order valence-corrected chi connectivity index (χ2v) is 17.3. The molecule has 0 bridgehead atoms. The van der Waals surface area contributed by atoms with Crippen LogP contribution in [-0.2, 0) is 19.1 Å². The Balaban J connectivity index is 4.08. The zero-order chi connectivity index (χ0) is 39.8. The van der Waals surface area contributed by atoms with Gasteiger partial charge in [-0.1, -0.05) is 168 Å². The average molecular weight is 766 g/mol. The second-order valence-electron chi connectivity index (χ2n) is 17.3. The largest absolute Gasteiger partial charge is 0.462 e. The summed E-state index contributed by atoms with van der Waals surface area (Å²) in [5.41, 5.74) is -0.353. The van der Waals surface area contributed by atoms with Gasteiger partial charge in [-0.25, -0.2) is 0 Å². The van der Waals surface area contributed by atoms with Crippen molar-refractivity contribution in [2.24, 2.45) is 0 Å². The van der Waals surface area contributed by atoms with Crippen LogP contribution in [-0.4, -0.2) is 59.9 Å². The number of rotatable bonds is 43. The lowest BCUT2D eigenvalue weighted by molar-refractivity contribution is -0.157. The SMILES string of the molecule is CCCCCCCCCCC(CCCCCCCC)OC(=O)CCCCCCCN(CCO)CCCCCCCC(=O)OC(C)(C)CCCCCCCC. The van der Waals surface area contributed by atoms with E-state index in [2.05, 4.69) is 39.5 Å². The first-order valence-electron chi connectivity index (χ1n) is 24.0. The first-order valence-corrected chi connectivity index (χ1v) is 24.0. The van der Waals surface area contributed by atoms with Gasteiger partial charge in [0.2, 0.25) is 0 Å². The van der Waals surface area contributed by atoms with Crippen LogP contribution in [0.4, 0.5) is 0 Å². The third-order valence-corrected chi connectivity index (χ3v) is 11.2. The Labute approximate surface area is 337 Å². The van der Waals surface area contributed by atoms with E-state index in [9.17, 15) is 14.7 Å². The number of aliphatic hydroxyl groups excluding tert-OH is 1. The molecule has 0 rings (SSSR count). The van der Waals surface area contributed by atoms with Crippen LogP contribution in [0, 0.1) is 0 Å². The number of nitrogens with zero attached hydrogens (tertiary/aromatic N) is 1. The maximum atomic E-state index is 12.8. The lowest BCUT2D eigenvalue weighted by atomic mass is 9.99. The molecule has 0 aliphatic heterocycles. The molecule has 0 saturated carbocycles. The van der Waals surface area contributed by atoms with Gasteiger partial charge in [-0.05, 0) is 91.1 Å². The van der Waals surface area contributed by atoms with Gasteiger partial charge in [-0.15, -0.1) is 0 Å². The third kappa shape index (κ3) is 37.8. The summed E-state index contributed by atoms with van der Waals surface area (Å²) in [5, 5.41) is 9.59. The highest BCUT2D eigenvalue weighted by Crippen LogP contribution is 2.22. The molecule has 322 valence electrons. The van der Waals surface area contributed by atoms with Crippen molar-refractivity contribution >= 4 is 11.9 Å². The highest BCUT2D eigenvalue weighted by atomic mass is 16.6. The van der Waals surface area contributed by atoms with E-state index in [0.717, 1.165) is 103 Å². The predicted molar refractivity (Wildman–Crippen MR) is 232 cm³/mol. The van der Waals surface area contributed by atoms with E-state index >= 15 is 0 Å².